The van der Waals surface area contributed by atoms with Crippen LogP contribution in [-0.2, 0) is 9.59 Å². The molecule has 0 aliphatic carbocycles. The Hall–Kier alpha value is -3.02. The summed E-state index contributed by atoms with van der Waals surface area (Å²) < 4.78 is 10.7. The highest BCUT2D eigenvalue weighted by atomic mass is 16.5. The summed E-state index contributed by atoms with van der Waals surface area (Å²) in [7, 11) is 1.75. The van der Waals surface area contributed by atoms with E-state index in [0.29, 0.717) is 25.5 Å². The molecule has 138 valence electrons. The van der Waals surface area contributed by atoms with Crippen molar-refractivity contribution >= 4 is 17.9 Å². The number of hydrogen-bond acceptors (Lipinski definition) is 4. The van der Waals surface area contributed by atoms with Gasteiger partial charge in [-0.3, -0.25) is 9.59 Å². The van der Waals surface area contributed by atoms with Crippen LogP contribution in [0.15, 0.2) is 59.2 Å². The molecule has 2 amide bonds. The highest BCUT2D eigenvalue weighted by Gasteiger charge is 2.08. The van der Waals surface area contributed by atoms with E-state index in [2.05, 4.69) is 5.32 Å². The molecule has 0 aliphatic rings. The molecule has 2 rings (SSSR count). The molecule has 1 heterocycles. The summed E-state index contributed by atoms with van der Waals surface area (Å²) in [6.07, 6.45) is 5.51. The monoisotopic (exact) mass is 356 g/mol. The van der Waals surface area contributed by atoms with E-state index in [1.807, 2.05) is 30.3 Å². The highest BCUT2D eigenvalue weighted by Crippen LogP contribution is 2.08. The Labute approximate surface area is 153 Å². The van der Waals surface area contributed by atoms with Gasteiger partial charge in [0.15, 0.2) is 0 Å². The lowest BCUT2D eigenvalue weighted by molar-refractivity contribution is -0.130. The number of nitrogens with one attached hydrogen (secondary N) is 1. The number of para-hydroxylation sites is 1. The Morgan fingerprint density at radius 3 is 2.73 bits per heavy atom. The van der Waals surface area contributed by atoms with Gasteiger partial charge in [0.25, 0.3) is 0 Å². The molecule has 6 heteroatoms. The van der Waals surface area contributed by atoms with Crippen LogP contribution in [0.4, 0.5) is 0 Å². The molecule has 0 spiro atoms. The number of carbonyl (C=O) groups excluding carboxylic acids is 2. The highest BCUT2D eigenvalue weighted by molar-refractivity contribution is 5.91. The maximum absolute atomic E-state index is 12.0. The van der Waals surface area contributed by atoms with Crippen LogP contribution in [0.2, 0.25) is 0 Å². The molecular weight excluding hydrogens is 332 g/mol. The topological polar surface area (TPSA) is 71.8 Å². The fourth-order valence-electron chi connectivity index (χ4n) is 2.22. The summed E-state index contributed by atoms with van der Waals surface area (Å²) in [5.41, 5.74) is 0. The molecule has 0 unspecified atom stereocenters. The minimum absolute atomic E-state index is 0.0139. The van der Waals surface area contributed by atoms with Gasteiger partial charge in [0.1, 0.15) is 11.5 Å². The fourth-order valence-corrected chi connectivity index (χ4v) is 2.22. The number of nitrogens with zero attached hydrogens (tertiary/aromatic N) is 1. The maximum Gasteiger partial charge on any atom is 0.244 e. The van der Waals surface area contributed by atoms with Crippen LogP contribution in [0.25, 0.3) is 6.08 Å². The van der Waals surface area contributed by atoms with Crippen molar-refractivity contribution < 1.29 is 18.7 Å². The SMILES string of the molecule is CN(CCCOc1ccccc1)C(=O)CCNC(=O)/C=C/c1ccco1. The van der Waals surface area contributed by atoms with E-state index in [1.54, 1.807) is 30.2 Å². The molecule has 26 heavy (non-hydrogen) atoms. The Kier molecular flexibility index (Phi) is 7.99. The van der Waals surface area contributed by atoms with E-state index >= 15 is 0 Å². The van der Waals surface area contributed by atoms with Gasteiger partial charge in [0, 0.05) is 32.6 Å². The molecule has 0 saturated carbocycles. The first-order chi connectivity index (χ1) is 12.6. The van der Waals surface area contributed by atoms with Crippen molar-refractivity contribution in [1.82, 2.24) is 10.2 Å². The molecule has 2 aromatic rings. The molecule has 1 N–H and O–H groups in total. The zero-order chi connectivity index (χ0) is 18.6. The van der Waals surface area contributed by atoms with Gasteiger partial charge in [0.05, 0.1) is 12.9 Å². The first kappa shape index (κ1) is 19.3. The largest absolute Gasteiger partial charge is 0.494 e. The average Bonchev–Trinajstić information content (AvgIpc) is 3.17. The van der Waals surface area contributed by atoms with Crippen molar-refractivity contribution in [3.05, 3.63) is 60.6 Å². The summed E-state index contributed by atoms with van der Waals surface area (Å²) in [6.45, 7) is 1.46. The smallest absolute Gasteiger partial charge is 0.244 e. The molecule has 0 saturated heterocycles. The minimum Gasteiger partial charge on any atom is -0.494 e. The van der Waals surface area contributed by atoms with Crippen molar-refractivity contribution in [2.75, 3.05) is 26.7 Å². The second kappa shape index (κ2) is 10.8. The molecule has 0 bridgehead atoms. The molecule has 0 aliphatic heterocycles. The average molecular weight is 356 g/mol. The summed E-state index contributed by atoms with van der Waals surface area (Å²) in [5, 5.41) is 2.68. The van der Waals surface area contributed by atoms with E-state index in [4.69, 9.17) is 9.15 Å². The van der Waals surface area contributed by atoms with Crippen LogP contribution in [-0.4, -0.2) is 43.5 Å². The number of benzene rings is 1. The van der Waals surface area contributed by atoms with Crippen LogP contribution < -0.4 is 10.1 Å². The zero-order valence-electron chi connectivity index (χ0n) is 14.9. The lowest BCUT2D eigenvalue weighted by Gasteiger charge is -2.17. The van der Waals surface area contributed by atoms with Crippen molar-refractivity contribution in [2.24, 2.45) is 0 Å². The first-order valence-electron chi connectivity index (χ1n) is 8.56. The normalized spacial score (nSPS) is 10.7. The molecule has 0 atom stereocenters. The molecule has 6 nitrogen and oxygen atoms in total. The Balaban J connectivity index is 1.56. The van der Waals surface area contributed by atoms with Crippen LogP contribution in [0.3, 0.4) is 0 Å². The Morgan fingerprint density at radius 1 is 1.19 bits per heavy atom. The van der Waals surface area contributed by atoms with Gasteiger partial charge in [-0.15, -0.1) is 0 Å². The Bertz CT molecular complexity index is 696. The van der Waals surface area contributed by atoms with E-state index in [0.717, 1.165) is 12.2 Å². The fraction of sp³-hybridized carbons (Fsp3) is 0.300. The van der Waals surface area contributed by atoms with Gasteiger partial charge in [-0.2, -0.15) is 0 Å². The van der Waals surface area contributed by atoms with E-state index in [9.17, 15) is 9.59 Å². The van der Waals surface area contributed by atoms with Crippen LogP contribution in [0, 0.1) is 0 Å². The van der Waals surface area contributed by atoms with Crippen LogP contribution >= 0.6 is 0 Å². The molecular formula is C20H24N2O4. The molecule has 0 fully saturated rings. The lowest BCUT2D eigenvalue weighted by atomic mass is 10.3. The van der Waals surface area contributed by atoms with Gasteiger partial charge in [-0.25, -0.2) is 0 Å². The Morgan fingerprint density at radius 2 is 2.00 bits per heavy atom. The van der Waals surface area contributed by atoms with Crippen LogP contribution in [0.1, 0.15) is 18.6 Å². The number of ether oxygens (including phenoxy) is 1. The maximum atomic E-state index is 12.0. The van der Waals surface area contributed by atoms with Gasteiger partial charge >= 0.3 is 0 Å². The minimum atomic E-state index is -0.256. The third kappa shape index (κ3) is 7.25. The predicted molar refractivity (Wildman–Crippen MR) is 99.6 cm³/mol. The van der Waals surface area contributed by atoms with E-state index in [-0.39, 0.29) is 18.2 Å². The molecule has 1 aromatic carbocycles. The molecule has 0 radical (unpaired) electrons. The third-order valence-corrected chi connectivity index (χ3v) is 3.66. The number of amides is 2. The van der Waals surface area contributed by atoms with Gasteiger partial charge in [0.2, 0.25) is 11.8 Å². The van der Waals surface area contributed by atoms with Gasteiger partial charge < -0.3 is 19.4 Å². The summed E-state index contributed by atoms with van der Waals surface area (Å²) in [4.78, 5) is 25.3. The molecule has 1 aromatic heterocycles. The van der Waals surface area contributed by atoms with Crippen molar-refractivity contribution in [1.29, 1.82) is 0 Å². The lowest BCUT2D eigenvalue weighted by Crippen LogP contribution is -2.32. The van der Waals surface area contributed by atoms with E-state index in [1.165, 1.54) is 12.3 Å². The van der Waals surface area contributed by atoms with Crippen molar-refractivity contribution in [2.45, 2.75) is 12.8 Å². The van der Waals surface area contributed by atoms with Gasteiger partial charge in [-0.05, 0) is 36.8 Å². The summed E-state index contributed by atoms with van der Waals surface area (Å²) in [5.74, 6) is 1.16. The van der Waals surface area contributed by atoms with Crippen molar-refractivity contribution in [3.63, 3.8) is 0 Å². The quantitative estimate of drug-likeness (QED) is 0.525. The standard InChI is InChI=1S/C20H24N2O4/c1-22(14-6-16-26-17-7-3-2-4-8-17)20(24)12-13-21-19(23)11-10-18-9-5-15-25-18/h2-5,7-11,15H,6,12-14,16H2,1H3,(H,21,23)/b11-10+. The first-order valence-corrected chi connectivity index (χ1v) is 8.56. The predicted octanol–water partition coefficient (Wildman–Crippen LogP) is 2.73. The number of furan rings is 1. The number of rotatable bonds is 10. The second-order valence-corrected chi connectivity index (χ2v) is 5.72. The number of hydrogen-bond donors (Lipinski definition) is 1. The number of carbonyl (C=O) groups is 2. The zero-order valence-corrected chi connectivity index (χ0v) is 14.9. The van der Waals surface area contributed by atoms with E-state index < -0.39 is 0 Å². The van der Waals surface area contributed by atoms with Gasteiger partial charge in [-0.1, -0.05) is 18.2 Å². The third-order valence-electron chi connectivity index (χ3n) is 3.66. The summed E-state index contributed by atoms with van der Waals surface area (Å²) >= 11 is 0. The van der Waals surface area contributed by atoms with Crippen molar-refractivity contribution in [3.8, 4) is 5.75 Å². The summed E-state index contributed by atoms with van der Waals surface area (Å²) in [6, 6.07) is 13.1. The van der Waals surface area contributed by atoms with Crippen LogP contribution in [0.5, 0.6) is 5.75 Å². The second-order valence-electron chi connectivity index (χ2n) is 5.72.